The van der Waals surface area contributed by atoms with Crippen LogP contribution in [0.3, 0.4) is 0 Å². The second kappa shape index (κ2) is 8.77. The van der Waals surface area contributed by atoms with Gasteiger partial charge >= 0.3 is 0 Å². The fraction of sp³-hybridized carbons (Fsp3) is 0.562. The average Bonchev–Trinajstić information content (AvgIpc) is 2.49. The maximum Gasteiger partial charge on any atom is 0.222 e. The molecule has 1 aliphatic rings. The van der Waals surface area contributed by atoms with E-state index in [1.807, 2.05) is 6.07 Å². The summed E-state index contributed by atoms with van der Waals surface area (Å²) in [4.78, 5) is 14.1. The Bertz CT molecular complexity index is 425. The number of morpholine rings is 1. The second-order valence-electron chi connectivity index (χ2n) is 5.41. The van der Waals surface area contributed by atoms with Crippen LogP contribution in [-0.2, 0) is 16.1 Å². The summed E-state index contributed by atoms with van der Waals surface area (Å²) in [7, 11) is 0. The van der Waals surface area contributed by atoms with Gasteiger partial charge in [0.1, 0.15) is 0 Å². The number of carbonyl (C=O) groups is 1. The lowest BCUT2D eigenvalue weighted by molar-refractivity contribution is -0.126. The summed E-state index contributed by atoms with van der Waals surface area (Å²) < 4.78 is 5.70. The largest absolute Gasteiger partial charge is 0.375 e. The molecular formula is C16H25N3O2. The monoisotopic (exact) mass is 291 g/mol. The molecule has 0 radical (unpaired) electrons. The van der Waals surface area contributed by atoms with Crippen LogP contribution < -0.4 is 11.1 Å². The molecule has 1 aromatic carbocycles. The van der Waals surface area contributed by atoms with Crippen LogP contribution in [-0.4, -0.2) is 49.7 Å². The van der Waals surface area contributed by atoms with Crippen molar-refractivity contribution in [2.75, 3.05) is 32.8 Å². The lowest BCUT2D eigenvalue weighted by Gasteiger charge is -2.32. The van der Waals surface area contributed by atoms with Gasteiger partial charge in [0.2, 0.25) is 5.91 Å². The van der Waals surface area contributed by atoms with Gasteiger partial charge in [-0.3, -0.25) is 9.69 Å². The number of rotatable bonds is 7. The SMILES string of the molecule is NCCCNC(=O)CC1CN(Cc2ccccc2)CCO1. The Balaban J connectivity index is 1.74. The van der Waals surface area contributed by atoms with E-state index in [0.717, 1.165) is 26.1 Å². The second-order valence-corrected chi connectivity index (χ2v) is 5.41. The van der Waals surface area contributed by atoms with Gasteiger partial charge in [-0.25, -0.2) is 0 Å². The van der Waals surface area contributed by atoms with E-state index >= 15 is 0 Å². The van der Waals surface area contributed by atoms with E-state index in [-0.39, 0.29) is 12.0 Å². The zero-order chi connectivity index (χ0) is 14.9. The fourth-order valence-corrected chi connectivity index (χ4v) is 2.50. The fourth-order valence-electron chi connectivity index (χ4n) is 2.50. The van der Waals surface area contributed by atoms with E-state index < -0.39 is 0 Å². The van der Waals surface area contributed by atoms with E-state index in [4.69, 9.17) is 10.5 Å². The Morgan fingerprint density at radius 3 is 2.95 bits per heavy atom. The highest BCUT2D eigenvalue weighted by Gasteiger charge is 2.22. The molecule has 5 heteroatoms. The highest BCUT2D eigenvalue weighted by Crippen LogP contribution is 2.12. The van der Waals surface area contributed by atoms with Crippen LogP contribution in [0.15, 0.2) is 30.3 Å². The van der Waals surface area contributed by atoms with E-state index in [1.54, 1.807) is 0 Å². The van der Waals surface area contributed by atoms with Gasteiger partial charge in [-0.2, -0.15) is 0 Å². The molecular weight excluding hydrogens is 266 g/mol. The molecule has 116 valence electrons. The number of hydrogen-bond donors (Lipinski definition) is 2. The van der Waals surface area contributed by atoms with Gasteiger partial charge in [-0.15, -0.1) is 0 Å². The molecule has 0 spiro atoms. The Kier molecular flexibility index (Phi) is 6.66. The summed E-state index contributed by atoms with van der Waals surface area (Å²) in [5.41, 5.74) is 6.70. The van der Waals surface area contributed by atoms with Gasteiger partial charge in [0, 0.05) is 26.2 Å². The lowest BCUT2D eigenvalue weighted by atomic mass is 10.1. The number of benzene rings is 1. The van der Waals surface area contributed by atoms with Crippen molar-refractivity contribution in [2.24, 2.45) is 5.73 Å². The first-order valence-electron chi connectivity index (χ1n) is 7.62. The van der Waals surface area contributed by atoms with Gasteiger partial charge in [0.25, 0.3) is 0 Å². The number of nitrogens with one attached hydrogen (secondary N) is 1. The van der Waals surface area contributed by atoms with Gasteiger partial charge < -0.3 is 15.8 Å². The van der Waals surface area contributed by atoms with Gasteiger partial charge in [-0.1, -0.05) is 30.3 Å². The Morgan fingerprint density at radius 1 is 1.38 bits per heavy atom. The molecule has 3 N–H and O–H groups in total. The predicted octanol–water partition coefficient (Wildman–Crippen LogP) is 0.743. The van der Waals surface area contributed by atoms with Crippen molar-refractivity contribution in [1.82, 2.24) is 10.2 Å². The summed E-state index contributed by atoms with van der Waals surface area (Å²) in [5.74, 6) is 0.0509. The van der Waals surface area contributed by atoms with Gasteiger partial charge in [0.15, 0.2) is 0 Å². The number of nitrogens with two attached hydrogens (primary N) is 1. The minimum absolute atomic E-state index is 0.0136. The Morgan fingerprint density at radius 2 is 2.19 bits per heavy atom. The van der Waals surface area contributed by atoms with Gasteiger partial charge in [-0.05, 0) is 18.5 Å². The Labute approximate surface area is 126 Å². The van der Waals surface area contributed by atoms with Crippen LogP contribution in [0.5, 0.6) is 0 Å². The maximum absolute atomic E-state index is 11.8. The lowest BCUT2D eigenvalue weighted by Crippen LogP contribution is -2.44. The smallest absolute Gasteiger partial charge is 0.222 e. The van der Waals surface area contributed by atoms with Crippen LogP contribution in [0.4, 0.5) is 0 Å². The summed E-state index contributed by atoms with van der Waals surface area (Å²) >= 11 is 0. The van der Waals surface area contributed by atoms with Crippen LogP contribution in [0.2, 0.25) is 0 Å². The van der Waals surface area contributed by atoms with E-state index in [0.29, 0.717) is 26.1 Å². The third-order valence-electron chi connectivity index (χ3n) is 3.59. The number of hydrogen-bond acceptors (Lipinski definition) is 4. The summed E-state index contributed by atoms with van der Waals surface area (Å²) in [5, 5.41) is 2.88. The molecule has 0 aliphatic carbocycles. The summed E-state index contributed by atoms with van der Waals surface area (Å²) in [6.45, 7) is 4.57. The maximum atomic E-state index is 11.8. The molecule has 0 saturated carbocycles. The normalized spacial score (nSPS) is 19.4. The van der Waals surface area contributed by atoms with Crippen molar-refractivity contribution in [3.8, 4) is 0 Å². The van der Waals surface area contributed by atoms with E-state index in [2.05, 4.69) is 34.5 Å². The molecule has 0 aromatic heterocycles. The molecule has 1 amide bonds. The highest BCUT2D eigenvalue weighted by atomic mass is 16.5. The number of nitrogens with zero attached hydrogens (tertiary/aromatic N) is 1. The molecule has 1 aromatic rings. The third kappa shape index (κ3) is 5.83. The van der Waals surface area contributed by atoms with Crippen molar-refractivity contribution in [2.45, 2.75) is 25.5 Å². The first-order chi connectivity index (χ1) is 10.3. The molecule has 2 rings (SSSR count). The zero-order valence-electron chi connectivity index (χ0n) is 12.5. The quantitative estimate of drug-likeness (QED) is 0.727. The minimum atomic E-state index is -0.0136. The number of amides is 1. The van der Waals surface area contributed by atoms with Crippen LogP contribution in [0.25, 0.3) is 0 Å². The molecule has 1 unspecified atom stereocenters. The topological polar surface area (TPSA) is 67.6 Å². The van der Waals surface area contributed by atoms with Crippen molar-refractivity contribution >= 4 is 5.91 Å². The van der Waals surface area contributed by atoms with Gasteiger partial charge in [0.05, 0.1) is 19.1 Å². The van der Waals surface area contributed by atoms with E-state index in [9.17, 15) is 4.79 Å². The average molecular weight is 291 g/mol. The van der Waals surface area contributed by atoms with E-state index in [1.165, 1.54) is 5.56 Å². The molecule has 1 fully saturated rings. The predicted molar refractivity (Wildman–Crippen MR) is 82.8 cm³/mol. The Hall–Kier alpha value is -1.43. The standard InChI is InChI=1S/C16H25N3O2/c17-7-4-8-18-16(20)11-15-13-19(9-10-21-15)12-14-5-2-1-3-6-14/h1-3,5-6,15H,4,7-13,17H2,(H,18,20). The molecule has 1 atom stereocenters. The molecule has 21 heavy (non-hydrogen) atoms. The molecule has 1 saturated heterocycles. The number of carbonyl (C=O) groups excluding carboxylic acids is 1. The molecule has 1 heterocycles. The van der Waals surface area contributed by atoms with Crippen molar-refractivity contribution in [3.63, 3.8) is 0 Å². The summed E-state index contributed by atoms with van der Waals surface area (Å²) in [6.07, 6.45) is 1.23. The zero-order valence-corrected chi connectivity index (χ0v) is 12.5. The van der Waals surface area contributed by atoms with Crippen molar-refractivity contribution in [1.29, 1.82) is 0 Å². The number of ether oxygens (including phenoxy) is 1. The van der Waals surface area contributed by atoms with Crippen LogP contribution in [0.1, 0.15) is 18.4 Å². The first kappa shape index (κ1) is 15.9. The minimum Gasteiger partial charge on any atom is -0.375 e. The highest BCUT2D eigenvalue weighted by molar-refractivity contribution is 5.76. The third-order valence-corrected chi connectivity index (χ3v) is 3.59. The van der Waals surface area contributed by atoms with Crippen LogP contribution >= 0.6 is 0 Å². The van der Waals surface area contributed by atoms with Crippen molar-refractivity contribution < 1.29 is 9.53 Å². The van der Waals surface area contributed by atoms with Crippen molar-refractivity contribution in [3.05, 3.63) is 35.9 Å². The molecule has 5 nitrogen and oxygen atoms in total. The molecule has 1 aliphatic heterocycles. The van der Waals surface area contributed by atoms with Crippen LogP contribution in [0, 0.1) is 0 Å². The molecule has 0 bridgehead atoms. The summed E-state index contributed by atoms with van der Waals surface area (Å²) in [6, 6.07) is 10.4. The first-order valence-corrected chi connectivity index (χ1v) is 7.62.